The van der Waals surface area contributed by atoms with Crippen LogP contribution in [-0.4, -0.2) is 6.54 Å². The third-order valence-electron chi connectivity index (χ3n) is 1.70. The standard InChI is InChI=1S/C9H12N2O.ClH/c1-3-11(10-12)9-6-4-5-8(2)7-9;/h4-7H,3H2,1-2H3;1H. The molecule has 0 atom stereocenters. The highest BCUT2D eigenvalue weighted by molar-refractivity contribution is 5.85. The number of nitroso groups, excluding NO2 is 1. The van der Waals surface area contributed by atoms with Gasteiger partial charge in [0.2, 0.25) is 0 Å². The summed E-state index contributed by atoms with van der Waals surface area (Å²) >= 11 is 0. The molecule has 0 fully saturated rings. The van der Waals surface area contributed by atoms with E-state index in [-0.39, 0.29) is 12.4 Å². The lowest BCUT2D eigenvalue weighted by Crippen LogP contribution is -2.13. The van der Waals surface area contributed by atoms with Crippen molar-refractivity contribution >= 4 is 18.1 Å². The van der Waals surface area contributed by atoms with Gasteiger partial charge in [0, 0.05) is 6.54 Å². The van der Waals surface area contributed by atoms with Crippen LogP contribution in [0.2, 0.25) is 0 Å². The van der Waals surface area contributed by atoms with Crippen molar-refractivity contribution in [2.24, 2.45) is 5.29 Å². The van der Waals surface area contributed by atoms with Crippen molar-refractivity contribution in [1.82, 2.24) is 0 Å². The number of nitrogens with zero attached hydrogens (tertiary/aromatic N) is 2. The molecule has 1 rings (SSSR count). The first-order chi connectivity index (χ1) is 5.77. The molecule has 0 saturated heterocycles. The zero-order valence-electron chi connectivity index (χ0n) is 7.73. The summed E-state index contributed by atoms with van der Waals surface area (Å²) in [5.41, 5.74) is 1.99. The second-order valence-electron chi connectivity index (χ2n) is 2.64. The molecule has 0 aliphatic rings. The number of rotatable bonds is 3. The second kappa shape index (κ2) is 5.54. The van der Waals surface area contributed by atoms with E-state index in [2.05, 4.69) is 5.29 Å². The van der Waals surface area contributed by atoms with Crippen molar-refractivity contribution in [2.75, 3.05) is 11.6 Å². The fourth-order valence-electron chi connectivity index (χ4n) is 1.08. The maximum atomic E-state index is 10.3. The summed E-state index contributed by atoms with van der Waals surface area (Å²) in [5.74, 6) is 0. The van der Waals surface area contributed by atoms with Crippen molar-refractivity contribution in [3.63, 3.8) is 0 Å². The minimum absolute atomic E-state index is 0. The van der Waals surface area contributed by atoms with Gasteiger partial charge in [0.1, 0.15) is 0 Å². The molecule has 13 heavy (non-hydrogen) atoms. The molecule has 0 heterocycles. The minimum Gasteiger partial charge on any atom is -0.230 e. The number of benzene rings is 1. The Morgan fingerprint density at radius 3 is 2.62 bits per heavy atom. The normalized spacial score (nSPS) is 8.77. The highest BCUT2D eigenvalue weighted by Gasteiger charge is 2.01. The van der Waals surface area contributed by atoms with E-state index in [4.69, 9.17) is 0 Å². The Bertz CT molecular complexity index is 278. The Morgan fingerprint density at radius 1 is 1.46 bits per heavy atom. The van der Waals surface area contributed by atoms with Gasteiger partial charge >= 0.3 is 0 Å². The summed E-state index contributed by atoms with van der Waals surface area (Å²) in [4.78, 5) is 10.3. The molecule has 0 bridgehead atoms. The fourth-order valence-corrected chi connectivity index (χ4v) is 1.08. The van der Waals surface area contributed by atoms with Crippen molar-refractivity contribution in [1.29, 1.82) is 0 Å². The van der Waals surface area contributed by atoms with Crippen LogP contribution < -0.4 is 5.01 Å². The summed E-state index contributed by atoms with van der Waals surface area (Å²) in [5, 5.41) is 4.32. The number of hydrogen-bond donors (Lipinski definition) is 0. The first-order valence-corrected chi connectivity index (χ1v) is 3.95. The number of anilines is 1. The van der Waals surface area contributed by atoms with Crippen LogP contribution in [0.15, 0.2) is 29.6 Å². The highest BCUT2D eigenvalue weighted by atomic mass is 35.5. The van der Waals surface area contributed by atoms with E-state index < -0.39 is 0 Å². The van der Waals surface area contributed by atoms with E-state index in [0.29, 0.717) is 6.54 Å². The van der Waals surface area contributed by atoms with Gasteiger partial charge in [-0.25, -0.2) is 5.01 Å². The van der Waals surface area contributed by atoms with Gasteiger partial charge in [-0.05, 0) is 31.5 Å². The third kappa shape index (κ3) is 3.03. The largest absolute Gasteiger partial charge is 0.230 e. The lowest BCUT2D eigenvalue weighted by atomic mass is 10.2. The Hall–Kier alpha value is -1.09. The van der Waals surface area contributed by atoms with Gasteiger partial charge in [0.25, 0.3) is 0 Å². The Kier molecular flexibility index (Phi) is 5.07. The third-order valence-corrected chi connectivity index (χ3v) is 1.70. The molecule has 0 saturated carbocycles. The summed E-state index contributed by atoms with van der Waals surface area (Å²) < 4.78 is 0. The second-order valence-corrected chi connectivity index (χ2v) is 2.64. The predicted octanol–water partition coefficient (Wildman–Crippen LogP) is 2.92. The van der Waals surface area contributed by atoms with Gasteiger partial charge in [-0.2, -0.15) is 0 Å². The number of aryl methyl sites for hydroxylation is 1. The molecular formula is C9H13ClN2O. The molecule has 0 N–H and O–H groups in total. The first-order valence-electron chi connectivity index (χ1n) is 3.95. The molecule has 1 aromatic rings. The Labute approximate surface area is 84.1 Å². The average Bonchev–Trinajstić information content (AvgIpc) is 2.07. The van der Waals surface area contributed by atoms with Crippen LogP contribution in [0.5, 0.6) is 0 Å². The van der Waals surface area contributed by atoms with Gasteiger partial charge in [-0.3, -0.25) is 0 Å². The zero-order valence-corrected chi connectivity index (χ0v) is 8.54. The quantitative estimate of drug-likeness (QED) is 0.555. The van der Waals surface area contributed by atoms with Crippen LogP contribution in [-0.2, 0) is 0 Å². The van der Waals surface area contributed by atoms with Gasteiger partial charge in [-0.1, -0.05) is 12.1 Å². The summed E-state index contributed by atoms with van der Waals surface area (Å²) in [7, 11) is 0. The van der Waals surface area contributed by atoms with Crippen molar-refractivity contribution in [3.05, 3.63) is 34.7 Å². The molecule has 0 unspecified atom stereocenters. The minimum atomic E-state index is 0. The van der Waals surface area contributed by atoms with Crippen LogP contribution in [0.1, 0.15) is 12.5 Å². The molecule has 72 valence electrons. The molecular weight excluding hydrogens is 188 g/mol. The van der Waals surface area contributed by atoms with Crippen LogP contribution in [0.25, 0.3) is 0 Å². The van der Waals surface area contributed by atoms with E-state index in [0.717, 1.165) is 11.3 Å². The highest BCUT2D eigenvalue weighted by Crippen LogP contribution is 2.15. The smallest absolute Gasteiger partial charge is 0.0628 e. The fraction of sp³-hybridized carbons (Fsp3) is 0.333. The lowest BCUT2D eigenvalue weighted by Gasteiger charge is -2.12. The molecule has 0 spiro atoms. The molecule has 0 aromatic heterocycles. The molecule has 0 amide bonds. The van der Waals surface area contributed by atoms with E-state index >= 15 is 0 Å². The molecule has 0 radical (unpaired) electrons. The Morgan fingerprint density at radius 2 is 2.15 bits per heavy atom. The topological polar surface area (TPSA) is 32.7 Å². The van der Waals surface area contributed by atoms with Crippen LogP contribution in [0, 0.1) is 11.8 Å². The van der Waals surface area contributed by atoms with E-state index in [1.807, 2.05) is 38.1 Å². The molecule has 1 aromatic carbocycles. The molecule has 4 heteroatoms. The van der Waals surface area contributed by atoms with E-state index in [9.17, 15) is 4.91 Å². The molecule has 0 aliphatic heterocycles. The average molecular weight is 201 g/mol. The van der Waals surface area contributed by atoms with Crippen LogP contribution >= 0.6 is 12.4 Å². The summed E-state index contributed by atoms with van der Waals surface area (Å²) in [6, 6.07) is 7.71. The van der Waals surface area contributed by atoms with Crippen molar-refractivity contribution < 1.29 is 0 Å². The van der Waals surface area contributed by atoms with Crippen LogP contribution in [0.3, 0.4) is 0 Å². The maximum absolute atomic E-state index is 10.3. The maximum Gasteiger partial charge on any atom is 0.0628 e. The number of halogens is 1. The van der Waals surface area contributed by atoms with Crippen LogP contribution in [0.4, 0.5) is 5.69 Å². The van der Waals surface area contributed by atoms with Crippen molar-refractivity contribution in [3.8, 4) is 0 Å². The van der Waals surface area contributed by atoms with Crippen molar-refractivity contribution in [2.45, 2.75) is 13.8 Å². The summed E-state index contributed by atoms with van der Waals surface area (Å²) in [6.07, 6.45) is 0. The zero-order chi connectivity index (χ0) is 8.97. The molecule has 3 nitrogen and oxygen atoms in total. The van der Waals surface area contributed by atoms with Gasteiger partial charge in [0.05, 0.1) is 11.0 Å². The molecule has 0 aliphatic carbocycles. The monoisotopic (exact) mass is 200 g/mol. The SMILES string of the molecule is CCN(N=O)c1cccc(C)c1.Cl. The van der Waals surface area contributed by atoms with Gasteiger partial charge in [0.15, 0.2) is 0 Å². The lowest BCUT2D eigenvalue weighted by molar-refractivity contribution is 0.884. The Balaban J connectivity index is 0.00000144. The van der Waals surface area contributed by atoms with E-state index in [1.165, 1.54) is 5.01 Å². The van der Waals surface area contributed by atoms with Gasteiger partial charge < -0.3 is 0 Å². The van der Waals surface area contributed by atoms with Gasteiger partial charge in [-0.15, -0.1) is 17.3 Å². The predicted molar refractivity (Wildman–Crippen MR) is 57.2 cm³/mol. The summed E-state index contributed by atoms with van der Waals surface area (Å²) in [6.45, 7) is 4.48. The van der Waals surface area contributed by atoms with E-state index in [1.54, 1.807) is 0 Å². The first kappa shape index (κ1) is 11.9. The number of hydrogen-bond acceptors (Lipinski definition) is 2.